The van der Waals surface area contributed by atoms with E-state index in [4.69, 9.17) is 25.0 Å². The molecule has 1 fully saturated rings. The standard InChI is InChI=1S/C12H18N2O4.C2HF3O2/c1-12(2,11(17)18-3)6-8-4-5-9(10(15)16)14(8)7-13;3-2(4,5)1(6)7/h8-9H,4-6H2,1-3H3,(H,15,16);(H,6,7). The smallest absolute Gasteiger partial charge is 0.480 e. The Bertz CT molecular complexity index is 556. The number of halogens is 3. The highest BCUT2D eigenvalue weighted by Gasteiger charge is 2.42. The second kappa shape index (κ2) is 8.55. The first kappa shape index (κ1) is 22.5. The van der Waals surface area contributed by atoms with E-state index in [1.54, 1.807) is 13.8 Å². The molecule has 0 bridgehead atoms. The van der Waals surface area contributed by atoms with Crippen LogP contribution in [-0.4, -0.2) is 58.4 Å². The van der Waals surface area contributed by atoms with E-state index in [0.29, 0.717) is 19.3 Å². The molecule has 1 aliphatic heterocycles. The molecule has 0 aromatic heterocycles. The molecular weight excluding hydrogens is 349 g/mol. The van der Waals surface area contributed by atoms with Gasteiger partial charge in [0, 0.05) is 6.04 Å². The molecule has 0 amide bonds. The molecule has 2 N–H and O–H groups in total. The Morgan fingerprint density at radius 1 is 1.24 bits per heavy atom. The number of likely N-dealkylation sites (tertiary alicyclic amines) is 1. The number of nitrogens with zero attached hydrogens (tertiary/aromatic N) is 2. The number of carboxylic acid groups (broad SMARTS) is 2. The lowest BCUT2D eigenvalue weighted by molar-refractivity contribution is -0.192. The van der Waals surface area contributed by atoms with Gasteiger partial charge in [-0.15, -0.1) is 0 Å². The molecule has 0 aliphatic carbocycles. The molecule has 2 atom stereocenters. The number of alkyl halides is 3. The van der Waals surface area contributed by atoms with Crippen LogP contribution in [-0.2, 0) is 19.1 Å². The molecule has 11 heteroatoms. The maximum Gasteiger partial charge on any atom is 0.490 e. The number of hydrogen-bond donors (Lipinski definition) is 2. The van der Waals surface area contributed by atoms with Gasteiger partial charge in [-0.05, 0) is 33.1 Å². The molecule has 0 radical (unpaired) electrons. The van der Waals surface area contributed by atoms with Gasteiger partial charge in [0.2, 0.25) is 0 Å². The summed E-state index contributed by atoms with van der Waals surface area (Å²) in [6, 6.07) is -0.987. The van der Waals surface area contributed by atoms with Crippen molar-refractivity contribution >= 4 is 17.9 Å². The van der Waals surface area contributed by atoms with Crippen molar-refractivity contribution in [1.82, 2.24) is 4.90 Å². The zero-order valence-corrected chi connectivity index (χ0v) is 13.8. The summed E-state index contributed by atoms with van der Waals surface area (Å²) in [5.74, 6) is -4.10. The number of ether oxygens (including phenoxy) is 1. The fraction of sp³-hybridized carbons (Fsp3) is 0.714. The van der Waals surface area contributed by atoms with E-state index in [1.807, 2.05) is 6.19 Å². The number of carbonyl (C=O) groups is 3. The Kier molecular flexibility index (Phi) is 7.69. The third-order valence-electron chi connectivity index (χ3n) is 3.63. The van der Waals surface area contributed by atoms with E-state index in [9.17, 15) is 22.8 Å². The molecule has 0 aromatic carbocycles. The summed E-state index contributed by atoms with van der Waals surface area (Å²) in [5.41, 5.74) is -0.720. The summed E-state index contributed by atoms with van der Waals surface area (Å²) >= 11 is 0. The monoisotopic (exact) mass is 368 g/mol. The van der Waals surface area contributed by atoms with Crippen LogP contribution in [0.2, 0.25) is 0 Å². The highest BCUT2D eigenvalue weighted by molar-refractivity contribution is 5.76. The molecule has 2 unspecified atom stereocenters. The molecule has 1 rings (SSSR count). The van der Waals surface area contributed by atoms with Crippen LogP contribution < -0.4 is 0 Å². The van der Waals surface area contributed by atoms with Gasteiger partial charge in [-0.2, -0.15) is 18.4 Å². The van der Waals surface area contributed by atoms with Crippen molar-refractivity contribution in [2.75, 3.05) is 7.11 Å². The van der Waals surface area contributed by atoms with Crippen LogP contribution in [0, 0.1) is 16.9 Å². The molecular formula is C14H19F3N2O6. The Morgan fingerprint density at radius 2 is 1.72 bits per heavy atom. The average Bonchev–Trinajstić information content (AvgIpc) is 2.88. The quantitative estimate of drug-likeness (QED) is 0.566. The number of methoxy groups -OCH3 is 1. The lowest BCUT2D eigenvalue weighted by atomic mass is 9.85. The summed E-state index contributed by atoms with van der Waals surface area (Å²) in [6.07, 6.45) is -1.71. The van der Waals surface area contributed by atoms with Crippen LogP contribution >= 0.6 is 0 Å². The molecule has 0 aromatic rings. The van der Waals surface area contributed by atoms with Crippen molar-refractivity contribution < 1.29 is 42.5 Å². The van der Waals surface area contributed by atoms with E-state index in [-0.39, 0.29) is 12.0 Å². The molecule has 1 heterocycles. The second-order valence-corrected chi connectivity index (χ2v) is 5.97. The van der Waals surface area contributed by atoms with Crippen LogP contribution in [0.25, 0.3) is 0 Å². The number of hydrogen-bond acceptors (Lipinski definition) is 6. The molecule has 0 saturated carbocycles. The number of aliphatic carboxylic acids is 2. The fourth-order valence-corrected chi connectivity index (χ4v) is 2.43. The van der Waals surface area contributed by atoms with Gasteiger partial charge in [0.25, 0.3) is 0 Å². The van der Waals surface area contributed by atoms with E-state index in [0.717, 1.165) is 0 Å². The third-order valence-corrected chi connectivity index (χ3v) is 3.63. The third kappa shape index (κ3) is 6.48. The normalized spacial score (nSPS) is 20.1. The first-order chi connectivity index (χ1) is 11.3. The van der Waals surface area contributed by atoms with Gasteiger partial charge in [-0.25, -0.2) is 9.59 Å². The summed E-state index contributed by atoms with van der Waals surface area (Å²) < 4.78 is 36.4. The minimum Gasteiger partial charge on any atom is -0.480 e. The topological polar surface area (TPSA) is 128 Å². The van der Waals surface area contributed by atoms with Crippen molar-refractivity contribution in [3.8, 4) is 6.19 Å². The van der Waals surface area contributed by atoms with E-state index >= 15 is 0 Å². The number of esters is 1. The minimum atomic E-state index is -5.08. The van der Waals surface area contributed by atoms with Crippen molar-refractivity contribution in [3.63, 3.8) is 0 Å². The van der Waals surface area contributed by atoms with Gasteiger partial charge < -0.3 is 14.9 Å². The minimum absolute atomic E-state index is 0.217. The number of carboxylic acids is 2. The Labute approximate surface area is 141 Å². The molecule has 1 aliphatic rings. The van der Waals surface area contributed by atoms with Gasteiger partial charge in [0.1, 0.15) is 6.04 Å². The average molecular weight is 368 g/mol. The highest BCUT2D eigenvalue weighted by atomic mass is 19.4. The summed E-state index contributed by atoms with van der Waals surface area (Å²) in [4.78, 5) is 32.8. The Balaban J connectivity index is 0.000000697. The van der Waals surface area contributed by atoms with Gasteiger partial charge >= 0.3 is 24.1 Å². The Hall–Kier alpha value is -2.51. The van der Waals surface area contributed by atoms with E-state index < -0.39 is 29.6 Å². The summed E-state index contributed by atoms with van der Waals surface area (Å²) in [6.45, 7) is 3.48. The maximum atomic E-state index is 11.6. The van der Waals surface area contributed by atoms with Crippen molar-refractivity contribution in [2.24, 2.45) is 5.41 Å². The second-order valence-electron chi connectivity index (χ2n) is 5.97. The summed E-state index contributed by atoms with van der Waals surface area (Å²) in [5, 5.41) is 25.2. The van der Waals surface area contributed by atoms with Gasteiger partial charge in [0.15, 0.2) is 6.19 Å². The SMILES string of the molecule is COC(=O)C(C)(C)CC1CCC(C(=O)O)N1C#N.O=C(O)C(F)(F)F. The maximum absolute atomic E-state index is 11.6. The highest BCUT2D eigenvalue weighted by Crippen LogP contribution is 2.33. The van der Waals surface area contributed by atoms with Crippen molar-refractivity contribution in [3.05, 3.63) is 0 Å². The fourth-order valence-electron chi connectivity index (χ4n) is 2.43. The molecule has 0 spiro atoms. The van der Waals surface area contributed by atoms with Crippen LogP contribution in [0.1, 0.15) is 33.1 Å². The van der Waals surface area contributed by atoms with Crippen LogP contribution in [0.5, 0.6) is 0 Å². The van der Waals surface area contributed by atoms with E-state index in [2.05, 4.69) is 0 Å². The zero-order valence-electron chi connectivity index (χ0n) is 13.8. The first-order valence-corrected chi connectivity index (χ1v) is 7.07. The van der Waals surface area contributed by atoms with Crippen molar-refractivity contribution in [2.45, 2.75) is 51.4 Å². The molecule has 142 valence electrons. The first-order valence-electron chi connectivity index (χ1n) is 7.07. The number of nitriles is 1. The largest absolute Gasteiger partial charge is 0.490 e. The lowest BCUT2D eigenvalue weighted by Gasteiger charge is -2.29. The predicted molar refractivity (Wildman–Crippen MR) is 76.0 cm³/mol. The molecule has 1 saturated heterocycles. The van der Waals surface area contributed by atoms with Gasteiger partial charge in [0.05, 0.1) is 12.5 Å². The summed E-state index contributed by atoms with van der Waals surface area (Å²) in [7, 11) is 1.32. The van der Waals surface area contributed by atoms with Crippen LogP contribution in [0.15, 0.2) is 0 Å². The van der Waals surface area contributed by atoms with Crippen molar-refractivity contribution in [1.29, 1.82) is 5.26 Å². The van der Waals surface area contributed by atoms with Gasteiger partial charge in [-0.3, -0.25) is 9.69 Å². The number of carbonyl (C=O) groups excluding carboxylic acids is 1. The van der Waals surface area contributed by atoms with Gasteiger partial charge in [-0.1, -0.05) is 0 Å². The molecule has 25 heavy (non-hydrogen) atoms. The molecule has 8 nitrogen and oxygen atoms in total. The zero-order chi connectivity index (χ0) is 20.0. The predicted octanol–water partition coefficient (Wildman–Crippen LogP) is 1.61. The van der Waals surface area contributed by atoms with Crippen LogP contribution in [0.4, 0.5) is 13.2 Å². The lowest BCUT2D eigenvalue weighted by Crippen LogP contribution is -2.40. The number of rotatable bonds is 4. The Morgan fingerprint density at radius 3 is 2.04 bits per heavy atom. The van der Waals surface area contributed by atoms with Crippen LogP contribution in [0.3, 0.4) is 0 Å². The van der Waals surface area contributed by atoms with E-state index in [1.165, 1.54) is 12.0 Å².